The molecule has 1 heterocycles. The van der Waals surface area contributed by atoms with Gasteiger partial charge in [-0.15, -0.1) is 0 Å². The first-order valence-electron chi connectivity index (χ1n) is 6.17. The molecule has 2 atom stereocenters. The number of fused-ring (bicyclic) bond motifs is 1. The second kappa shape index (κ2) is 3.77. The summed E-state index contributed by atoms with van der Waals surface area (Å²) in [6, 6.07) is 8.44. The lowest BCUT2D eigenvalue weighted by Crippen LogP contribution is -2.41. The molecule has 1 aliphatic heterocycles. The molecule has 2 heteroatoms. The van der Waals surface area contributed by atoms with Gasteiger partial charge in [-0.3, -0.25) is 0 Å². The topological polar surface area (TPSA) is 21.3 Å². The van der Waals surface area contributed by atoms with Crippen LogP contribution in [0.1, 0.15) is 18.4 Å². The van der Waals surface area contributed by atoms with E-state index in [9.17, 15) is 0 Å². The molecule has 16 heavy (non-hydrogen) atoms. The molecule has 3 rings (SSSR count). The van der Waals surface area contributed by atoms with Crippen molar-refractivity contribution in [3.05, 3.63) is 29.8 Å². The molecule has 0 radical (unpaired) electrons. The second-order valence-corrected chi connectivity index (χ2v) is 5.22. The molecule has 2 fully saturated rings. The van der Waals surface area contributed by atoms with Gasteiger partial charge in [-0.05, 0) is 48.8 Å². The summed E-state index contributed by atoms with van der Waals surface area (Å²) < 4.78 is 5.44. The van der Waals surface area contributed by atoms with Gasteiger partial charge in [0.15, 0.2) is 0 Å². The quantitative estimate of drug-likeness (QED) is 0.838. The Labute approximate surface area is 97.0 Å². The molecule has 2 nitrogen and oxygen atoms in total. The molecule has 86 valence electrons. The monoisotopic (exact) mass is 217 g/mol. The van der Waals surface area contributed by atoms with Gasteiger partial charge in [0, 0.05) is 6.54 Å². The Morgan fingerprint density at radius 1 is 1.44 bits per heavy atom. The summed E-state index contributed by atoms with van der Waals surface area (Å²) in [5, 5.41) is 3.54. The summed E-state index contributed by atoms with van der Waals surface area (Å²) >= 11 is 0. The van der Waals surface area contributed by atoms with Crippen LogP contribution in [0.4, 0.5) is 0 Å². The molecule has 2 unspecified atom stereocenters. The van der Waals surface area contributed by atoms with Gasteiger partial charge in [0.05, 0.1) is 7.11 Å². The first-order chi connectivity index (χ1) is 7.84. The minimum atomic E-state index is 0.536. The summed E-state index contributed by atoms with van der Waals surface area (Å²) in [5.41, 5.74) is 1.91. The number of rotatable bonds is 3. The lowest BCUT2D eigenvalue weighted by Gasteiger charge is -2.44. The molecule has 1 aromatic carbocycles. The van der Waals surface area contributed by atoms with Crippen LogP contribution in [0.15, 0.2) is 24.3 Å². The Bertz CT molecular complexity index is 390. The molecular formula is C14H19NO. The van der Waals surface area contributed by atoms with Crippen LogP contribution in [0.5, 0.6) is 5.75 Å². The van der Waals surface area contributed by atoms with Crippen molar-refractivity contribution in [3.8, 4) is 5.75 Å². The van der Waals surface area contributed by atoms with E-state index in [-0.39, 0.29) is 0 Å². The van der Waals surface area contributed by atoms with Gasteiger partial charge < -0.3 is 10.1 Å². The van der Waals surface area contributed by atoms with Crippen molar-refractivity contribution >= 4 is 0 Å². The van der Waals surface area contributed by atoms with E-state index >= 15 is 0 Å². The maximum absolute atomic E-state index is 5.44. The van der Waals surface area contributed by atoms with E-state index in [0.29, 0.717) is 5.41 Å². The SMILES string of the molecule is COc1ccccc1CC12CCC1CNC2. The van der Waals surface area contributed by atoms with Crippen molar-refractivity contribution in [1.29, 1.82) is 0 Å². The predicted molar refractivity (Wildman–Crippen MR) is 64.7 cm³/mol. The van der Waals surface area contributed by atoms with E-state index in [1.54, 1.807) is 7.11 Å². The van der Waals surface area contributed by atoms with E-state index in [1.807, 2.05) is 6.07 Å². The summed E-state index contributed by atoms with van der Waals surface area (Å²) in [6.07, 6.45) is 3.96. The van der Waals surface area contributed by atoms with Crippen molar-refractivity contribution in [2.75, 3.05) is 20.2 Å². The highest BCUT2D eigenvalue weighted by molar-refractivity contribution is 5.35. The van der Waals surface area contributed by atoms with Gasteiger partial charge in [0.2, 0.25) is 0 Å². The average molecular weight is 217 g/mol. The minimum Gasteiger partial charge on any atom is -0.496 e. The zero-order valence-electron chi connectivity index (χ0n) is 9.83. The normalized spacial score (nSPS) is 31.9. The van der Waals surface area contributed by atoms with Crippen molar-refractivity contribution in [2.45, 2.75) is 19.3 Å². The third-order valence-corrected chi connectivity index (χ3v) is 4.46. The highest BCUT2D eigenvalue weighted by Gasteiger charge is 2.49. The number of nitrogens with one attached hydrogen (secondary N) is 1. The highest BCUT2D eigenvalue weighted by Crippen LogP contribution is 2.51. The average Bonchev–Trinajstić information content (AvgIpc) is 2.57. The number of hydrogen-bond donors (Lipinski definition) is 1. The van der Waals surface area contributed by atoms with Crippen LogP contribution in [-0.4, -0.2) is 20.2 Å². The number of ether oxygens (including phenoxy) is 1. The van der Waals surface area contributed by atoms with Crippen molar-refractivity contribution in [1.82, 2.24) is 5.32 Å². The summed E-state index contributed by atoms with van der Waals surface area (Å²) in [5.74, 6) is 1.95. The summed E-state index contributed by atoms with van der Waals surface area (Å²) in [4.78, 5) is 0. The van der Waals surface area contributed by atoms with Crippen LogP contribution >= 0.6 is 0 Å². The van der Waals surface area contributed by atoms with Crippen LogP contribution in [0.25, 0.3) is 0 Å². The van der Waals surface area contributed by atoms with Gasteiger partial charge in [0.25, 0.3) is 0 Å². The number of para-hydroxylation sites is 1. The van der Waals surface area contributed by atoms with Gasteiger partial charge in [0.1, 0.15) is 5.75 Å². The van der Waals surface area contributed by atoms with Gasteiger partial charge >= 0.3 is 0 Å². The number of hydrogen-bond acceptors (Lipinski definition) is 2. The zero-order valence-corrected chi connectivity index (χ0v) is 9.83. The van der Waals surface area contributed by atoms with Crippen molar-refractivity contribution in [3.63, 3.8) is 0 Å². The molecule has 1 aliphatic carbocycles. The maximum atomic E-state index is 5.44. The Morgan fingerprint density at radius 2 is 2.31 bits per heavy atom. The van der Waals surface area contributed by atoms with E-state index < -0.39 is 0 Å². The molecule has 0 amide bonds. The summed E-state index contributed by atoms with van der Waals surface area (Å²) in [7, 11) is 1.77. The largest absolute Gasteiger partial charge is 0.496 e. The zero-order chi connectivity index (χ0) is 11.0. The van der Waals surface area contributed by atoms with Crippen molar-refractivity contribution in [2.24, 2.45) is 11.3 Å². The van der Waals surface area contributed by atoms with Crippen LogP contribution in [0.3, 0.4) is 0 Å². The van der Waals surface area contributed by atoms with Crippen molar-refractivity contribution < 1.29 is 4.74 Å². The molecule has 1 aromatic rings. The van der Waals surface area contributed by atoms with E-state index in [4.69, 9.17) is 4.74 Å². The highest BCUT2D eigenvalue weighted by atomic mass is 16.5. The van der Waals surface area contributed by atoms with E-state index in [1.165, 1.54) is 37.9 Å². The maximum Gasteiger partial charge on any atom is 0.122 e. The molecule has 0 aromatic heterocycles. The predicted octanol–water partition coefficient (Wildman–Crippen LogP) is 2.24. The van der Waals surface area contributed by atoms with Crippen LogP contribution in [0, 0.1) is 11.3 Å². The Hall–Kier alpha value is -1.02. The molecule has 0 spiro atoms. The lowest BCUT2D eigenvalue weighted by atomic mass is 9.59. The first kappa shape index (κ1) is 10.2. The number of benzene rings is 1. The van der Waals surface area contributed by atoms with Gasteiger partial charge in [-0.2, -0.15) is 0 Å². The fourth-order valence-corrected chi connectivity index (χ4v) is 3.33. The fourth-order valence-electron chi connectivity index (χ4n) is 3.33. The Morgan fingerprint density at radius 3 is 3.00 bits per heavy atom. The van der Waals surface area contributed by atoms with Crippen LogP contribution < -0.4 is 10.1 Å². The number of methoxy groups -OCH3 is 1. The first-order valence-corrected chi connectivity index (χ1v) is 6.17. The van der Waals surface area contributed by atoms with Crippen LogP contribution in [-0.2, 0) is 6.42 Å². The van der Waals surface area contributed by atoms with E-state index in [2.05, 4.69) is 23.5 Å². The Kier molecular flexibility index (Phi) is 2.40. The molecular weight excluding hydrogens is 198 g/mol. The Balaban J connectivity index is 1.83. The smallest absolute Gasteiger partial charge is 0.122 e. The van der Waals surface area contributed by atoms with E-state index in [0.717, 1.165) is 11.7 Å². The second-order valence-electron chi connectivity index (χ2n) is 5.22. The fraction of sp³-hybridized carbons (Fsp3) is 0.571. The molecule has 0 bridgehead atoms. The summed E-state index contributed by atoms with van der Waals surface area (Å²) in [6.45, 7) is 2.41. The lowest BCUT2D eigenvalue weighted by molar-refractivity contribution is 0.0856. The van der Waals surface area contributed by atoms with Crippen LogP contribution in [0.2, 0.25) is 0 Å². The molecule has 1 saturated carbocycles. The minimum absolute atomic E-state index is 0.536. The molecule has 1 saturated heterocycles. The molecule has 2 aliphatic rings. The third kappa shape index (κ3) is 1.44. The van der Waals surface area contributed by atoms with Gasteiger partial charge in [-0.1, -0.05) is 18.2 Å². The molecule has 1 N–H and O–H groups in total. The third-order valence-electron chi connectivity index (χ3n) is 4.46. The standard InChI is InChI=1S/C14H19NO/c1-16-13-5-3-2-4-11(13)8-14-7-6-12(14)9-15-10-14/h2-5,12,15H,6-10H2,1H3. The van der Waals surface area contributed by atoms with Gasteiger partial charge in [-0.25, -0.2) is 0 Å².